The molecule has 0 aromatic heterocycles. The molecule has 0 atom stereocenters. The number of carbonyl (C=O) groups is 1. The van der Waals surface area contributed by atoms with Gasteiger partial charge < -0.3 is 11.1 Å². The van der Waals surface area contributed by atoms with E-state index in [1.54, 1.807) is 18.7 Å². The molecule has 0 aliphatic heterocycles. The van der Waals surface area contributed by atoms with Crippen LogP contribution in [0.25, 0.3) is 0 Å². The van der Waals surface area contributed by atoms with Crippen LogP contribution in [0.3, 0.4) is 0 Å². The van der Waals surface area contributed by atoms with Gasteiger partial charge in [0.05, 0.1) is 5.56 Å². The van der Waals surface area contributed by atoms with Crippen molar-refractivity contribution in [3.8, 4) is 0 Å². The Hall–Kier alpha value is -1.23. The number of nitrogens with one attached hydrogen (secondary N) is 1. The largest absolute Gasteiger partial charge is 0.399 e. The molecule has 110 valence electrons. The normalized spacial score (nSPS) is 17.1. The third-order valence-electron chi connectivity index (χ3n) is 4.04. The Morgan fingerprint density at radius 2 is 2.10 bits per heavy atom. The predicted octanol–water partition coefficient (Wildman–Crippen LogP) is 3.12. The van der Waals surface area contributed by atoms with Crippen molar-refractivity contribution in [3.05, 3.63) is 29.1 Å². The summed E-state index contributed by atoms with van der Waals surface area (Å²) in [6, 6.07) is 2.94. The molecule has 0 saturated heterocycles. The molecule has 0 radical (unpaired) electrons. The van der Waals surface area contributed by atoms with Crippen LogP contribution in [0.1, 0.15) is 41.6 Å². The Kier molecular flexibility index (Phi) is 4.58. The molecule has 0 bridgehead atoms. The molecule has 20 heavy (non-hydrogen) atoms. The number of thioether (sulfide) groups is 1. The second-order valence-electron chi connectivity index (χ2n) is 5.48. The van der Waals surface area contributed by atoms with E-state index in [9.17, 15) is 9.18 Å². The maximum absolute atomic E-state index is 14.0. The third-order valence-corrected chi connectivity index (χ3v) is 5.46. The molecule has 1 fully saturated rings. The van der Waals surface area contributed by atoms with Gasteiger partial charge in [0.15, 0.2) is 0 Å². The van der Waals surface area contributed by atoms with Gasteiger partial charge in [0.25, 0.3) is 5.91 Å². The lowest BCUT2D eigenvalue weighted by Gasteiger charge is -2.27. The molecule has 2 rings (SSSR count). The van der Waals surface area contributed by atoms with Crippen LogP contribution < -0.4 is 11.1 Å². The van der Waals surface area contributed by atoms with Gasteiger partial charge in [0.1, 0.15) is 5.82 Å². The number of benzene rings is 1. The molecule has 3 N–H and O–H groups in total. The molecule has 0 heterocycles. The van der Waals surface area contributed by atoms with Crippen LogP contribution >= 0.6 is 11.8 Å². The summed E-state index contributed by atoms with van der Waals surface area (Å²) in [5.41, 5.74) is 6.53. The summed E-state index contributed by atoms with van der Waals surface area (Å²) in [5, 5.41) is 2.87. The Labute approximate surface area is 123 Å². The van der Waals surface area contributed by atoms with Gasteiger partial charge in [-0.2, -0.15) is 11.8 Å². The number of halogens is 1. The van der Waals surface area contributed by atoms with Crippen LogP contribution in [0.15, 0.2) is 12.1 Å². The topological polar surface area (TPSA) is 55.1 Å². The number of nitrogen functional groups attached to an aromatic ring is 1. The van der Waals surface area contributed by atoms with Crippen molar-refractivity contribution in [1.29, 1.82) is 0 Å². The average molecular weight is 296 g/mol. The van der Waals surface area contributed by atoms with Crippen LogP contribution in [0.5, 0.6) is 0 Å². The Morgan fingerprint density at radius 3 is 2.70 bits per heavy atom. The molecule has 3 nitrogen and oxygen atoms in total. The minimum Gasteiger partial charge on any atom is -0.399 e. The molecule has 1 amide bonds. The van der Waals surface area contributed by atoms with Gasteiger partial charge in [-0.15, -0.1) is 0 Å². The van der Waals surface area contributed by atoms with Gasteiger partial charge >= 0.3 is 0 Å². The van der Waals surface area contributed by atoms with E-state index < -0.39 is 5.82 Å². The van der Waals surface area contributed by atoms with E-state index in [1.165, 1.54) is 25.0 Å². The van der Waals surface area contributed by atoms with Crippen molar-refractivity contribution >= 4 is 23.4 Å². The zero-order valence-electron chi connectivity index (χ0n) is 12.0. The summed E-state index contributed by atoms with van der Waals surface area (Å²) < 4.78 is 14.1. The van der Waals surface area contributed by atoms with E-state index in [-0.39, 0.29) is 16.2 Å². The molecule has 0 spiro atoms. The Bertz CT molecular complexity index is 513. The van der Waals surface area contributed by atoms with Crippen molar-refractivity contribution in [1.82, 2.24) is 5.32 Å². The fourth-order valence-corrected chi connectivity index (χ4v) is 3.69. The maximum atomic E-state index is 14.0. The average Bonchev–Trinajstić information content (AvgIpc) is 2.89. The van der Waals surface area contributed by atoms with Crippen molar-refractivity contribution in [2.45, 2.75) is 37.4 Å². The molecular formula is C15H21FN2OS. The monoisotopic (exact) mass is 296 g/mol. The summed E-state index contributed by atoms with van der Waals surface area (Å²) in [7, 11) is 0. The van der Waals surface area contributed by atoms with Crippen LogP contribution in [0, 0.1) is 12.7 Å². The number of amides is 1. The quantitative estimate of drug-likeness (QED) is 0.839. The molecule has 1 aliphatic rings. The van der Waals surface area contributed by atoms with Gasteiger partial charge in [-0.25, -0.2) is 4.39 Å². The number of rotatable bonds is 4. The predicted molar refractivity (Wildman–Crippen MR) is 82.6 cm³/mol. The van der Waals surface area contributed by atoms with E-state index in [4.69, 9.17) is 5.73 Å². The summed E-state index contributed by atoms with van der Waals surface area (Å²) >= 11 is 1.79. The van der Waals surface area contributed by atoms with E-state index in [0.717, 1.165) is 12.8 Å². The molecule has 1 aliphatic carbocycles. The first-order valence-electron chi connectivity index (χ1n) is 6.86. The maximum Gasteiger partial charge on any atom is 0.254 e. The number of hydrogen-bond donors (Lipinski definition) is 2. The second-order valence-corrected chi connectivity index (χ2v) is 6.75. The number of hydrogen-bond acceptors (Lipinski definition) is 3. The van der Waals surface area contributed by atoms with E-state index in [1.807, 2.05) is 0 Å². The van der Waals surface area contributed by atoms with Gasteiger partial charge in [-0.1, -0.05) is 12.8 Å². The lowest BCUT2D eigenvalue weighted by molar-refractivity contribution is 0.0945. The lowest BCUT2D eigenvalue weighted by atomic mass is 10.1. The minimum atomic E-state index is -0.485. The highest BCUT2D eigenvalue weighted by Gasteiger charge is 2.33. The van der Waals surface area contributed by atoms with Crippen LogP contribution in [0.4, 0.5) is 10.1 Å². The third kappa shape index (κ3) is 3.08. The number of nitrogens with two attached hydrogens (primary N) is 1. The second kappa shape index (κ2) is 6.04. The first-order chi connectivity index (χ1) is 9.47. The van der Waals surface area contributed by atoms with E-state index in [2.05, 4.69) is 11.6 Å². The number of anilines is 1. The zero-order chi connectivity index (χ0) is 14.8. The first kappa shape index (κ1) is 15.2. The zero-order valence-corrected chi connectivity index (χ0v) is 12.8. The standard InChI is InChI=1S/C15H21FN2OS/c1-10-7-11(17)8-12(13(10)16)14(19)18-9-15(20-2)5-3-4-6-15/h7-8H,3-6,9,17H2,1-2H3,(H,18,19). The molecule has 1 aromatic carbocycles. The Morgan fingerprint density at radius 1 is 1.45 bits per heavy atom. The van der Waals surface area contributed by atoms with E-state index in [0.29, 0.717) is 17.8 Å². The number of aryl methyl sites for hydroxylation is 1. The highest BCUT2D eigenvalue weighted by atomic mass is 32.2. The molecule has 1 saturated carbocycles. The number of carbonyl (C=O) groups excluding carboxylic acids is 1. The highest BCUT2D eigenvalue weighted by molar-refractivity contribution is 8.00. The fraction of sp³-hybridized carbons (Fsp3) is 0.533. The SMILES string of the molecule is CSC1(CNC(=O)c2cc(N)cc(C)c2F)CCCC1. The van der Waals surface area contributed by atoms with Gasteiger partial charge in [0.2, 0.25) is 0 Å². The van der Waals surface area contributed by atoms with Crippen LogP contribution in [-0.2, 0) is 0 Å². The summed E-state index contributed by atoms with van der Waals surface area (Å²) in [5.74, 6) is -0.862. The Balaban J connectivity index is 2.09. The van der Waals surface area contributed by atoms with Gasteiger partial charge in [0, 0.05) is 17.0 Å². The first-order valence-corrected chi connectivity index (χ1v) is 8.09. The fourth-order valence-electron chi connectivity index (χ4n) is 2.77. The van der Waals surface area contributed by atoms with Crippen molar-refractivity contribution < 1.29 is 9.18 Å². The summed E-state index contributed by atoms with van der Waals surface area (Å²) in [6.07, 6.45) is 6.67. The lowest BCUT2D eigenvalue weighted by Crippen LogP contribution is -2.38. The van der Waals surface area contributed by atoms with E-state index >= 15 is 0 Å². The molecule has 5 heteroatoms. The van der Waals surface area contributed by atoms with Crippen molar-refractivity contribution in [3.63, 3.8) is 0 Å². The van der Waals surface area contributed by atoms with Gasteiger partial charge in [-0.05, 0) is 43.7 Å². The summed E-state index contributed by atoms with van der Waals surface area (Å²) in [4.78, 5) is 12.2. The molecular weight excluding hydrogens is 275 g/mol. The minimum absolute atomic E-state index is 0.0387. The van der Waals surface area contributed by atoms with Crippen LogP contribution in [0.2, 0.25) is 0 Å². The van der Waals surface area contributed by atoms with Crippen molar-refractivity contribution in [2.75, 3.05) is 18.5 Å². The van der Waals surface area contributed by atoms with Crippen LogP contribution in [-0.4, -0.2) is 23.5 Å². The van der Waals surface area contributed by atoms with Gasteiger partial charge in [-0.3, -0.25) is 4.79 Å². The summed E-state index contributed by atoms with van der Waals surface area (Å²) in [6.45, 7) is 2.20. The smallest absolute Gasteiger partial charge is 0.254 e. The molecule has 0 unspecified atom stereocenters. The highest BCUT2D eigenvalue weighted by Crippen LogP contribution is 2.39. The molecule has 1 aromatic rings. The van der Waals surface area contributed by atoms with Crippen molar-refractivity contribution in [2.24, 2.45) is 0 Å².